The Labute approximate surface area is 193 Å². The maximum Gasteiger partial charge on any atom is 0.320 e. The van der Waals surface area contributed by atoms with Gasteiger partial charge in [-0.1, -0.05) is 6.08 Å². The lowest BCUT2D eigenvalue weighted by Crippen LogP contribution is -2.41. The quantitative estimate of drug-likeness (QED) is 0.540. The fourth-order valence-electron chi connectivity index (χ4n) is 4.26. The van der Waals surface area contributed by atoms with Crippen LogP contribution in [0.15, 0.2) is 42.6 Å². The predicted octanol–water partition coefficient (Wildman–Crippen LogP) is 5.20. The van der Waals surface area contributed by atoms with E-state index in [0.717, 1.165) is 40.8 Å². The number of aromatic amines is 1. The number of hydrogen-bond donors (Lipinski definition) is 1. The molecule has 1 aromatic carbocycles. The van der Waals surface area contributed by atoms with Gasteiger partial charge in [0.25, 0.3) is 0 Å². The van der Waals surface area contributed by atoms with E-state index in [4.69, 9.17) is 9.47 Å². The van der Waals surface area contributed by atoms with Gasteiger partial charge in [-0.05, 0) is 75.6 Å². The Morgan fingerprint density at radius 2 is 2.03 bits per heavy atom. The molecule has 4 rings (SSSR count). The zero-order chi connectivity index (χ0) is 23.8. The first-order valence-corrected chi connectivity index (χ1v) is 11.1. The zero-order valence-corrected chi connectivity index (χ0v) is 19.7. The van der Waals surface area contributed by atoms with Gasteiger partial charge in [0, 0.05) is 35.4 Å². The van der Waals surface area contributed by atoms with Crippen molar-refractivity contribution in [2.24, 2.45) is 0 Å². The highest BCUT2D eigenvalue weighted by Gasteiger charge is 2.25. The van der Waals surface area contributed by atoms with Crippen molar-refractivity contribution >= 4 is 22.6 Å². The molecule has 0 saturated heterocycles. The third-order valence-electron chi connectivity index (χ3n) is 5.77. The number of nitrogens with one attached hydrogen (secondary N) is 1. The van der Waals surface area contributed by atoms with E-state index in [1.54, 1.807) is 19.4 Å². The molecular formula is C26H30FN3O3. The van der Waals surface area contributed by atoms with Crippen molar-refractivity contribution in [1.29, 1.82) is 0 Å². The molecule has 1 N–H and O–H groups in total. The zero-order valence-electron chi connectivity index (χ0n) is 19.7. The van der Waals surface area contributed by atoms with Gasteiger partial charge in [0.15, 0.2) is 0 Å². The van der Waals surface area contributed by atoms with E-state index in [9.17, 15) is 9.18 Å². The molecule has 1 aliphatic rings. The first-order valence-electron chi connectivity index (χ1n) is 11.1. The molecular weight excluding hydrogens is 421 g/mol. The van der Waals surface area contributed by atoms with Crippen molar-refractivity contribution < 1.29 is 18.7 Å². The fourth-order valence-corrected chi connectivity index (χ4v) is 4.26. The van der Waals surface area contributed by atoms with E-state index in [1.807, 2.05) is 26.8 Å². The summed E-state index contributed by atoms with van der Waals surface area (Å²) in [5, 5.41) is 0.904. The minimum atomic E-state index is -0.490. The SMILES string of the molecule is COc1ccc(F)cc1-c1ccnc2[nH]c(C3=C[C@H](C)N(CC(=O)OC(C)(C)C)CC3)cc12. The van der Waals surface area contributed by atoms with Crippen LogP contribution in [0.3, 0.4) is 0 Å². The number of ether oxygens (including phenoxy) is 2. The second kappa shape index (κ2) is 8.98. The third kappa shape index (κ3) is 5.09. The van der Waals surface area contributed by atoms with Gasteiger partial charge < -0.3 is 14.5 Å². The molecule has 0 radical (unpaired) electrons. The van der Waals surface area contributed by atoms with Crippen molar-refractivity contribution in [3.8, 4) is 16.9 Å². The Bertz CT molecular complexity index is 1210. The van der Waals surface area contributed by atoms with Crippen LogP contribution in [0.25, 0.3) is 27.7 Å². The van der Waals surface area contributed by atoms with Gasteiger partial charge in [-0.25, -0.2) is 9.37 Å². The van der Waals surface area contributed by atoms with E-state index in [-0.39, 0.29) is 24.4 Å². The van der Waals surface area contributed by atoms with Crippen LogP contribution in [-0.2, 0) is 9.53 Å². The number of H-pyrrole nitrogens is 1. The molecule has 0 fully saturated rings. The average molecular weight is 452 g/mol. The normalized spacial score (nSPS) is 17.2. The first-order chi connectivity index (χ1) is 15.6. The number of methoxy groups -OCH3 is 1. The summed E-state index contributed by atoms with van der Waals surface area (Å²) in [6, 6.07) is 8.53. The lowest BCUT2D eigenvalue weighted by atomic mass is 9.99. The smallest absolute Gasteiger partial charge is 0.320 e. The average Bonchev–Trinajstić information content (AvgIpc) is 3.18. The molecule has 0 amide bonds. The van der Waals surface area contributed by atoms with E-state index < -0.39 is 5.60 Å². The second-order valence-corrected chi connectivity index (χ2v) is 9.39. The van der Waals surface area contributed by atoms with Crippen molar-refractivity contribution in [2.45, 2.75) is 45.8 Å². The minimum absolute atomic E-state index is 0.0865. The highest BCUT2D eigenvalue weighted by molar-refractivity contribution is 5.96. The number of benzene rings is 1. The van der Waals surface area contributed by atoms with Crippen LogP contribution in [-0.4, -0.2) is 52.7 Å². The van der Waals surface area contributed by atoms with Crippen LogP contribution in [0.2, 0.25) is 0 Å². The molecule has 174 valence electrons. The second-order valence-electron chi connectivity index (χ2n) is 9.39. The van der Waals surface area contributed by atoms with Gasteiger partial charge in [0.2, 0.25) is 0 Å². The van der Waals surface area contributed by atoms with Gasteiger partial charge >= 0.3 is 5.97 Å². The van der Waals surface area contributed by atoms with Crippen LogP contribution in [0.4, 0.5) is 4.39 Å². The summed E-state index contributed by atoms with van der Waals surface area (Å²) in [5.41, 5.74) is 3.93. The van der Waals surface area contributed by atoms with Crippen molar-refractivity contribution in [1.82, 2.24) is 14.9 Å². The highest BCUT2D eigenvalue weighted by Crippen LogP contribution is 2.36. The van der Waals surface area contributed by atoms with Crippen LogP contribution >= 0.6 is 0 Å². The number of carbonyl (C=O) groups excluding carboxylic acids is 1. The van der Waals surface area contributed by atoms with Crippen LogP contribution in [0.1, 0.15) is 39.8 Å². The van der Waals surface area contributed by atoms with Gasteiger partial charge in [0.1, 0.15) is 22.8 Å². The molecule has 6 nitrogen and oxygen atoms in total. The number of pyridine rings is 1. The molecule has 3 aromatic rings. The summed E-state index contributed by atoms with van der Waals surface area (Å²) in [6.45, 7) is 8.72. The standard InChI is InChI=1S/C26H30FN3O3/c1-16-12-17(9-11-30(16)15-24(31)33-26(2,3)4)22-14-21-19(8-10-28-25(21)29-22)20-13-18(27)6-7-23(20)32-5/h6-8,10,12-14,16H,9,11,15H2,1-5H3,(H,28,29)/t16-/m0/s1. The molecule has 3 heterocycles. The number of esters is 1. The summed E-state index contributed by atoms with van der Waals surface area (Å²) in [6.07, 6.45) is 4.67. The summed E-state index contributed by atoms with van der Waals surface area (Å²) >= 11 is 0. The number of fused-ring (bicyclic) bond motifs is 1. The summed E-state index contributed by atoms with van der Waals surface area (Å²) in [5.74, 6) is 0.0741. The molecule has 0 unspecified atom stereocenters. The van der Waals surface area contributed by atoms with E-state index in [2.05, 4.69) is 33.9 Å². The molecule has 0 saturated carbocycles. The number of rotatable bonds is 5. The molecule has 1 aliphatic heterocycles. The van der Waals surface area contributed by atoms with Gasteiger partial charge in [0.05, 0.1) is 13.7 Å². The maximum atomic E-state index is 14.0. The maximum absolute atomic E-state index is 14.0. The lowest BCUT2D eigenvalue weighted by Gasteiger charge is -2.32. The minimum Gasteiger partial charge on any atom is -0.496 e. The highest BCUT2D eigenvalue weighted by atomic mass is 19.1. The monoisotopic (exact) mass is 451 g/mol. The van der Waals surface area contributed by atoms with Gasteiger partial charge in [-0.15, -0.1) is 0 Å². The summed E-state index contributed by atoms with van der Waals surface area (Å²) < 4.78 is 24.9. The van der Waals surface area contributed by atoms with Gasteiger partial charge in [-0.3, -0.25) is 9.69 Å². The number of hydrogen-bond acceptors (Lipinski definition) is 5. The van der Waals surface area contributed by atoms with Crippen LogP contribution in [0, 0.1) is 5.82 Å². The van der Waals surface area contributed by atoms with E-state index in [0.29, 0.717) is 11.3 Å². The predicted molar refractivity (Wildman–Crippen MR) is 128 cm³/mol. The van der Waals surface area contributed by atoms with Gasteiger partial charge in [-0.2, -0.15) is 0 Å². The Morgan fingerprint density at radius 1 is 1.24 bits per heavy atom. The summed E-state index contributed by atoms with van der Waals surface area (Å²) in [7, 11) is 1.58. The van der Waals surface area contributed by atoms with Crippen molar-refractivity contribution in [2.75, 3.05) is 20.2 Å². The first kappa shape index (κ1) is 23.0. The Morgan fingerprint density at radius 3 is 2.73 bits per heavy atom. The lowest BCUT2D eigenvalue weighted by molar-refractivity contribution is -0.156. The van der Waals surface area contributed by atoms with Crippen LogP contribution in [0.5, 0.6) is 5.75 Å². The van der Waals surface area contributed by atoms with E-state index >= 15 is 0 Å². The molecule has 0 bridgehead atoms. The number of aromatic nitrogens is 2. The molecule has 2 aromatic heterocycles. The molecule has 1 atom stereocenters. The summed E-state index contributed by atoms with van der Waals surface area (Å²) in [4.78, 5) is 22.3. The fraction of sp³-hybridized carbons (Fsp3) is 0.385. The van der Waals surface area contributed by atoms with Crippen molar-refractivity contribution in [3.63, 3.8) is 0 Å². The topological polar surface area (TPSA) is 67.5 Å². The molecule has 0 aliphatic carbocycles. The number of halogens is 1. The molecule has 7 heteroatoms. The Hall–Kier alpha value is -3.19. The van der Waals surface area contributed by atoms with Crippen molar-refractivity contribution in [3.05, 3.63) is 54.1 Å². The van der Waals surface area contributed by atoms with E-state index in [1.165, 1.54) is 12.1 Å². The molecule has 0 spiro atoms. The largest absolute Gasteiger partial charge is 0.496 e. The van der Waals surface area contributed by atoms with Crippen LogP contribution < -0.4 is 4.74 Å². The number of nitrogens with zero attached hydrogens (tertiary/aromatic N) is 2. The molecule has 33 heavy (non-hydrogen) atoms. The Kier molecular flexibility index (Phi) is 6.26. The number of carbonyl (C=O) groups is 1. The Balaban J connectivity index is 1.61. The third-order valence-corrected chi connectivity index (χ3v) is 5.77.